The van der Waals surface area contributed by atoms with E-state index in [1.165, 1.54) is 6.92 Å². The lowest BCUT2D eigenvalue weighted by atomic mass is 10.0. The lowest BCUT2D eigenvalue weighted by Crippen LogP contribution is -1.99. The minimum absolute atomic E-state index is 0.0497. The molecule has 0 aromatic carbocycles. The van der Waals surface area contributed by atoms with Crippen LogP contribution in [0.25, 0.3) is 5.57 Å². The summed E-state index contributed by atoms with van der Waals surface area (Å²) in [6.45, 7) is 1.54. The topological polar surface area (TPSA) is 42.9 Å². The zero-order valence-corrected chi connectivity index (χ0v) is 9.00. The van der Waals surface area contributed by atoms with Gasteiger partial charge in [0, 0.05) is 23.9 Å². The predicted octanol–water partition coefficient (Wildman–Crippen LogP) is 2.19. The first-order chi connectivity index (χ1) is 7.77. The van der Waals surface area contributed by atoms with E-state index in [-0.39, 0.29) is 11.7 Å². The number of aromatic nitrogens is 2. The molecule has 1 aliphatic rings. The minimum atomic E-state index is 0.0497. The lowest BCUT2D eigenvalue weighted by molar-refractivity contribution is -0.112. The highest BCUT2D eigenvalue weighted by Gasteiger charge is 2.15. The Kier molecular flexibility index (Phi) is 3.05. The van der Waals surface area contributed by atoms with Crippen molar-refractivity contribution in [3.8, 4) is 0 Å². The Labute approximate surface area is 94.2 Å². The molecule has 0 radical (unpaired) electrons. The summed E-state index contributed by atoms with van der Waals surface area (Å²) < 4.78 is 0. The zero-order chi connectivity index (χ0) is 11.4. The second kappa shape index (κ2) is 4.66. The highest BCUT2D eigenvalue weighted by Crippen LogP contribution is 2.27. The van der Waals surface area contributed by atoms with Gasteiger partial charge in [-0.05, 0) is 19.1 Å². The van der Waals surface area contributed by atoms with E-state index in [2.05, 4.69) is 9.97 Å². The number of hydrogen-bond acceptors (Lipinski definition) is 3. The molecule has 0 bridgehead atoms. The summed E-state index contributed by atoms with van der Waals surface area (Å²) in [5.74, 6) is 0.866. The first kappa shape index (κ1) is 10.5. The molecule has 0 spiro atoms. The van der Waals surface area contributed by atoms with Gasteiger partial charge >= 0.3 is 0 Å². The molecule has 3 nitrogen and oxygen atoms in total. The third kappa shape index (κ3) is 2.31. The van der Waals surface area contributed by atoms with Gasteiger partial charge in [-0.3, -0.25) is 4.79 Å². The van der Waals surface area contributed by atoms with Crippen LogP contribution >= 0.6 is 0 Å². The molecule has 0 saturated heterocycles. The summed E-state index contributed by atoms with van der Waals surface area (Å²) in [6, 6.07) is 1.78. The van der Waals surface area contributed by atoms with Crippen molar-refractivity contribution in [2.75, 3.05) is 0 Å². The van der Waals surface area contributed by atoms with Crippen LogP contribution in [-0.4, -0.2) is 15.8 Å². The van der Waals surface area contributed by atoms with Crippen LogP contribution in [-0.2, 0) is 4.79 Å². The average molecular weight is 212 g/mol. The number of rotatable bonds is 3. The van der Waals surface area contributed by atoms with Gasteiger partial charge < -0.3 is 0 Å². The summed E-state index contributed by atoms with van der Waals surface area (Å²) in [6.07, 6.45) is 12.8. The second-order valence-corrected chi connectivity index (χ2v) is 3.57. The number of nitrogens with zero attached hydrogens (tertiary/aromatic N) is 2. The van der Waals surface area contributed by atoms with E-state index in [0.717, 1.165) is 5.57 Å². The molecule has 2 rings (SSSR count). The molecular formula is C13H12N2O. The fourth-order valence-electron chi connectivity index (χ4n) is 1.57. The van der Waals surface area contributed by atoms with E-state index in [1.54, 1.807) is 24.5 Å². The van der Waals surface area contributed by atoms with Gasteiger partial charge in [-0.1, -0.05) is 24.3 Å². The maximum Gasteiger partial charge on any atom is 0.155 e. The van der Waals surface area contributed by atoms with Gasteiger partial charge in [-0.2, -0.15) is 0 Å². The molecule has 0 saturated carbocycles. The average Bonchev–Trinajstić information content (AvgIpc) is 2.75. The smallest absolute Gasteiger partial charge is 0.155 e. The van der Waals surface area contributed by atoms with E-state index < -0.39 is 0 Å². The van der Waals surface area contributed by atoms with Crippen LogP contribution in [0.5, 0.6) is 0 Å². The first-order valence-corrected chi connectivity index (χ1v) is 5.12. The molecule has 3 heteroatoms. The van der Waals surface area contributed by atoms with E-state index in [9.17, 15) is 4.79 Å². The molecule has 0 amide bonds. The molecule has 0 aliphatic heterocycles. The van der Waals surface area contributed by atoms with E-state index >= 15 is 0 Å². The number of carbonyl (C=O) groups is 1. The number of hydrogen-bond donors (Lipinski definition) is 0. The summed E-state index contributed by atoms with van der Waals surface area (Å²) in [7, 11) is 0. The molecule has 1 aliphatic carbocycles. The van der Waals surface area contributed by atoms with Gasteiger partial charge in [-0.15, -0.1) is 0 Å². The summed E-state index contributed by atoms with van der Waals surface area (Å²) in [5, 5.41) is 0. The number of allylic oxidation sites excluding steroid dienone is 6. The molecule has 0 N–H and O–H groups in total. The Balaban J connectivity index is 2.21. The Hall–Kier alpha value is -2.03. The predicted molar refractivity (Wildman–Crippen MR) is 62.5 cm³/mol. The van der Waals surface area contributed by atoms with Gasteiger partial charge in [0.1, 0.15) is 0 Å². The summed E-state index contributed by atoms with van der Waals surface area (Å²) in [5.41, 5.74) is 1.03. The standard InChI is InChI=1S/C13H12N2O/c1-10(16)6-7-11-4-2-5-12(11)13-14-8-3-9-15-13/h2-9,11H,1H3/b7-6+. The maximum atomic E-state index is 10.9. The fourth-order valence-corrected chi connectivity index (χ4v) is 1.57. The zero-order valence-electron chi connectivity index (χ0n) is 9.00. The fraction of sp³-hybridized carbons (Fsp3) is 0.154. The van der Waals surface area contributed by atoms with Gasteiger partial charge in [0.2, 0.25) is 0 Å². The highest BCUT2D eigenvalue weighted by atomic mass is 16.1. The van der Waals surface area contributed by atoms with Gasteiger partial charge in [-0.25, -0.2) is 9.97 Å². The van der Waals surface area contributed by atoms with Crippen LogP contribution in [0.15, 0.2) is 48.8 Å². The quantitative estimate of drug-likeness (QED) is 0.721. The van der Waals surface area contributed by atoms with Crippen LogP contribution < -0.4 is 0 Å². The SMILES string of the molecule is CC(=O)/C=C/C1C=CC=C1c1ncccn1. The molecule has 1 unspecified atom stereocenters. The van der Waals surface area contributed by atoms with Gasteiger partial charge in [0.15, 0.2) is 11.6 Å². The number of carbonyl (C=O) groups excluding carboxylic acids is 1. The molecule has 1 aromatic rings. The van der Waals surface area contributed by atoms with Gasteiger partial charge in [0.05, 0.1) is 0 Å². The second-order valence-electron chi connectivity index (χ2n) is 3.57. The van der Waals surface area contributed by atoms with Crippen molar-refractivity contribution in [2.45, 2.75) is 6.92 Å². The number of ketones is 1. The lowest BCUT2D eigenvalue weighted by Gasteiger charge is -2.07. The Morgan fingerprint density at radius 1 is 1.38 bits per heavy atom. The van der Waals surface area contributed by atoms with Gasteiger partial charge in [0.25, 0.3) is 0 Å². The third-order valence-electron chi connectivity index (χ3n) is 2.32. The van der Waals surface area contributed by atoms with Crippen molar-refractivity contribution in [3.05, 3.63) is 54.7 Å². The minimum Gasteiger partial charge on any atom is -0.295 e. The highest BCUT2D eigenvalue weighted by molar-refractivity contribution is 5.88. The Morgan fingerprint density at radius 2 is 2.12 bits per heavy atom. The summed E-state index contributed by atoms with van der Waals surface area (Å²) in [4.78, 5) is 19.3. The molecule has 1 heterocycles. The van der Waals surface area contributed by atoms with Crippen LogP contribution in [0.3, 0.4) is 0 Å². The van der Waals surface area contributed by atoms with Crippen LogP contribution in [0, 0.1) is 5.92 Å². The summed E-state index contributed by atoms with van der Waals surface area (Å²) >= 11 is 0. The van der Waals surface area contributed by atoms with Crippen LogP contribution in [0.2, 0.25) is 0 Å². The monoisotopic (exact) mass is 212 g/mol. The van der Waals surface area contributed by atoms with Crippen LogP contribution in [0.4, 0.5) is 0 Å². The first-order valence-electron chi connectivity index (χ1n) is 5.12. The van der Waals surface area contributed by atoms with Crippen molar-refractivity contribution in [1.29, 1.82) is 0 Å². The Bertz CT molecular complexity index is 472. The van der Waals surface area contributed by atoms with E-state index in [4.69, 9.17) is 0 Å². The van der Waals surface area contributed by atoms with Crippen molar-refractivity contribution in [2.24, 2.45) is 5.92 Å². The molecule has 1 atom stereocenters. The molecule has 1 aromatic heterocycles. The molecule has 16 heavy (non-hydrogen) atoms. The third-order valence-corrected chi connectivity index (χ3v) is 2.32. The van der Waals surface area contributed by atoms with Crippen molar-refractivity contribution >= 4 is 11.4 Å². The van der Waals surface area contributed by atoms with E-state index in [0.29, 0.717) is 5.82 Å². The Morgan fingerprint density at radius 3 is 2.81 bits per heavy atom. The van der Waals surface area contributed by atoms with Crippen LogP contribution in [0.1, 0.15) is 12.7 Å². The van der Waals surface area contributed by atoms with Crippen molar-refractivity contribution in [1.82, 2.24) is 9.97 Å². The maximum absolute atomic E-state index is 10.9. The van der Waals surface area contributed by atoms with Crippen molar-refractivity contribution < 1.29 is 4.79 Å². The molecular weight excluding hydrogens is 200 g/mol. The largest absolute Gasteiger partial charge is 0.295 e. The molecule has 0 fully saturated rings. The molecule has 80 valence electrons. The van der Waals surface area contributed by atoms with Crippen molar-refractivity contribution in [3.63, 3.8) is 0 Å². The van der Waals surface area contributed by atoms with E-state index in [1.807, 2.05) is 24.3 Å². The normalized spacial score (nSPS) is 19.1.